The van der Waals surface area contributed by atoms with Gasteiger partial charge in [0.25, 0.3) is 5.91 Å². The monoisotopic (exact) mass is 474 g/mol. The van der Waals surface area contributed by atoms with Crippen molar-refractivity contribution in [1.82, 2.24) is 9.80 Å². The Kier molecular flexibility index (Phi) is 6.15. The Morgan fingerprint density at radius 2 is 1.76 bits per heavy atom. The van der Waals surface area contributed by atoms with Gasteiger partial charge in [-0.15, -0.1) is 0 Å². The van der Waals surface area contributed by atoms with Crippen molar-refractivity contribution in [1.29, 1.82) is 0 Å². The van der Waals surface area contributed by atoms with Gasteiger partial charge < -0.3 is 14.2 Å². The summed E-state index contributed by atoms with van der Waals surface area (Å²) in [4.78, 5) is 31.6. The molecule has 1 aliphatic heterocycles. The maximum atomic E-state index is 13.8. The molecule has 0 fully saturated rings. The molecule has 1 amide bonds. The van der Waals surface area contributed by atoms with Crippen LogP contribution in [0, 0.1) is 0 Å². The van der Waals surface area contributed by atoms with Gasteiger partial charge in [-0.1, -0.05) is 67.9 Å². The number of benzene rings is 3. The van der Waals surface area contributed by atoms with E-state index in [-0.39, 0.29) is 17.1 Å². The summed E-state index contributed by atoms with van der Waals surface area (Å²) in [6, 6.07) is 18.3. The summed E-state index contributed by atoms with van der Waals surface area (Å²) >= 11 is 6.31. The van der Waals surface area contributed by atoms with Crippen LogP contribution in [-0.4, -0.2) is 41.9 Å². The van der Waals surface area contributed by atoms with Gasteiger partial charge in [-0.05, 0) is 55.2 Å². The molecule has 174 valence electrons. The van der Waals surface area contributed by atoms with Crippen LogP contribution in [0.1, 0.15) is 48.0 Å². The van der Waals surface area contributed by atoms with Crippen molar-refractivity contribution >= 4 is 39.2 Å². The number of amides is 1. The highest BCUT2D eigenvalue weighted by atomic mass is 35.5. The Labute approximate surface area is 203 Å². The van der Waals surface area contributed by atoms with E-state index in [4.69, 9.17) is 16.0 Å². The second-order valence-corrected chi connectivity index (χ2v) is 9.11. The lowest BCUT2D eigenvalue weighted by atomic mass is 9.97. The average Bonchev–Trinajstić information content (AvgIpc) is 3.13. The fourth-order valence-corrected chi connectivity index (χ4v) is 5.20. The molecule has 4 aromatic rings. The molecule has 0 aliphatic carbocycles. The maximum Gasteiger partial charge on any atom is 0.290 e. The van der Waals surface area contributed by atoms with Gasteiger partial charge in [0.05, 0.1) is 17.0 Å². The van der Waals surface area contributed by atoms with Gasteiger partial charge in [-0.3, -0.25) is 9.59 Å². The average molecular weight is 475 g/mol. The Balaban J connectivity index is 1.66. The van der Waals surface area contributed by atoms with Crippen molar-refractivity contribution in [2.45, 2.75) is 26.3 Å². The lowest BCUT2D eigenvalue weighted by molar-refractivity contribution is 0.0720. The van der Waals surface area contributed by atoms with E-state index in [2.05, 4.69) is 18.7 Å². The quantitative estimate of drug-likeness (QED) is 0.314. The molecular formula is C28H27ClN2O3. The highest BCUT2D eigenvalue weighted by Gasteiger charge is 2.42. The number of carbonyl (C=O) groups is 1. The molecule has 1 aliphatic rings. The molecule has 0 bridgehead atoms. The van der Waals surface area contributed by atoms with Gasteiger partial charge in [0, 0.05) is 17.0 Å². The topological polar surface area (TPSA) is 53.8 Å². The minimum absolute atomic E-state index is 0.140. The van der Waals surface area contributed by atoms with Crippen molar-refractivity contribution in [3.63, 3.8) is 0 Å². The van der Waals surface area contributed by atoms with Gasteiger partial charge in [-0.2, -0.15) is 0 Å². The molecule has 5 rings (SSSR count). The molecule has 6 heteroatoms. The molecule has 0 N–H and O–H groups in total. The van der Waals surface area contributed by atoms with Crippen LogP contribution < -0.4 is 5.43 Å². The summed E-state index contributed by atoms with van der Waals surface area (Å²) in [5, 5.41) is 2.85. The molecule has 0 saturated carbocycles. The van der Waals surface area contributed by atoms with E-state index < -0.39 is 6.04 Å². The van der Waals surface area contributed by atoms with Gasteiger partial charge in [0.15, 0.2) is 5.43 Å². The van der Waals surface area contributed by atoms with Crippen LogP contribution >= 0.6 is 11.6 Å². The molecule has 1 unspecified atom stereocenters. The zero-order valence-corrected chi connectivity index (χ0v) is 20.1. The number of carbonyl (C=O) groups excluding carboxylic acids is 1. The van der Waals surface area contributed by atoms with Crippen molar-refractivity contribution in [3.05, 3.63) is 92.8 Å². The van der Waals surface area contributed by atoms with E-state index in [1.165, 1.54) is 0 Å². The van der Waals surface area contributed by atoms with Gasteiger partial charge >= 0.3 is 0 Å². The highest BCUT2D eigenvalue weighted by molar-refractivity contribution is 6.30. The Morgan fingerprint density at radius 3 is 2.53 bits per heavy atom. The number of hydrogen-bond acceptors (Lipinski definition) is 4. The molecule has 0 spiro atoms. The standard InChI is InChI=1S/C28H27ClN2O3/c1-3-30(4-2)15-8-16-31-24(19-10-7-11-20(29)17-19)23-25(32)22-14-13-18-9-5-6-12-21(18)26(22)34-27(23)28(31)33/h5-7,9-14,17,24H,3-4,8,15-16H2,1-2H3. The Hall–Kier alpha value is -3.15. The smallest absolute Gasteiger partial charge is 0.290 e. The van der Waals surface area contributed by atoms with Gasteiger partial charge in [0.2, 0.25) is 5.76 Å². The first-order valence-electron chi connectivity index (χ1n) is 11.8. The van der Waals surface area contributed by atoms with Crippen LogP contribution in [-0.2, 0) is 0 Å². The van der Waals surface area contributed by atoms with Crippen LogP contribution in [0.15, 0.2) is 69.9 Å². The Morgan fingerprint density at radius 1 is 0.971 bits per heavy atom. The van der Waals surface area contributed by atoms with Crippen LogP contribution in [0.4, 0.5) is 0 Å². The van der Waals surface area contributed by atoms with E-state index in [0.717, 1.165) is 42.4 Å². The van der Waals surface area contributed by atoms with Gasteiger partial charge in [-0.25, -0.2) is 0 Å². The van der Waals surface area contributed by atoms with Crippen molar-refractivity contribution < 1.29 is 9.21 Å². The molecule has 0 saturated heterocycles. The summed E-state index contributed by atoms with van der Waals surface area (Å²) in [6.45, 7) is 7.58. The summed E-state index contributed by atoms with van der Waals surface area (Å²) in [5.74, 6) is -0.104. The SMILES string of the molecule is CCN(CC)CCCN1C(=O)c2oc3c(ccc4ccccc43)c(=O)c2C1c1cccc(Cl)c1. The Bertz CT molecular complexity index is 1440. The second-order valence-electron chi connectivity index (χ2n) is 8.67. The highest BCUT2D eigenvalue weighted by Crippen LogP contribution is 2.39. The molecule has 5 nitrogen and oxygen atoms in total. The van der Waals surface area contributed by atoms with Crippen molar-refractivity contribution in [2.24, 2.45) is 0 Å². The number of nitrogens with zero attached hydrogens (tertiary/aromatic N) is 2. The van der Waals surface area contributed by atoms with Crippen molar-refractivity contribution in [2.75, 3.05) is 26.2 Å². The minimum atomic E-state index is -0.523. The zero-order chi connectivity index (χ0) is 23.8. The third-order valence-corrected chi connectivity index (χ3v) is 7.03. The summed E-state index contributed by atoms with van der Waals surface area (Å²) < 4.78 is 6.26. The number of rotatable bonds is 7. The molecule has 3 aromatic carbocycles. The van der Waals surface area contributed by atoms with Gasteiger partial charge in [0.1, 0.15) is 5.58 Å². The first-order chi connectivity index (χ1) is 16.5. The molecule has 34 heavy (non-hydrogen) atoms. The third-order valence-electron chi connectivity index (χ3n) is 6.79. The summed E-state index contributed by atoms with van der Waals surface area (Å²) in [5.41, 5.74) is 1.52. The normalized spacial score (nSPS) is 15.6. The number of halogens is 1. The number of hydrogen-bond donors (Lipinski definition) is 0. The first kappa shape index (κ1) is 22.6. The van der Waals surface area contributed by atoms with Crippen molar-refractivity contribution in [3.8, 4) is 0 Å². The van der Waals surface area contributed by atoms with Crippen LogP contribution in [0.5, 0.6) is 0 Å². The van der Waals surface area contributed by atoms with Crippen LogP contribution in [0.3, 0.4) is 0 Å². The minimum Gasteiger partial charge on any atom is -0.450 e. The number of fused-ring (bicyclic) bond motifs is 4. The summed E-state index contributed by atoms with van der Waals surface area (Å²) in [6.07, 6.45) is 0.801. The van der Waals surface area contributed by atoms with E-state index in [0.29, 0.717) is 28.1 Å². The molecular weight excluding hydrogens is 448 g/mol. The van der Waals surface area contributed by atoms with E-state index in [1.807, 2.05) is 48.5 Å². The largest absolute Gasteiger partial charge is 0.450 e. The predicted molar refractivity (Wildman–Crippen MR) is 137 cm³/mol. The first-order valence-corrected chi connectivity index (χ1v) is 12.2. The molecule has 0 radical (unpaired) electrons. The van der Waals surface area contributed by atoms with E-state index in [1.54, 1.807) is 17.0 Å². The third kappa shape index (κ3) is 3.79. The second kappa shape index (κ2) is 9.24. The fourth-order valence-electron chi connectivity index (χ4n) is 5.01. The summed E-state index contributed by atoms with van der Waals surface area (Å²) in [7, 11) is 0. The lowest BCUT2D eigenvalue weighted by Crippen LogP contribution is -2.33. The predicted octanol–water partition coefficient (Wildman–Crippen LogP) is 5.88. The molecule has 1 atom stereocenters. The van der Waals surface area contributed by atoms with E-state index in [9.17, 15) is 9.59 Å². The fraction of sp³-hybridized carbons (Fsp3) is 0.286. The van der Waals surface area contributed by atoms with E-state index >= 15 is 0 Å². The molecule has 1 aromatic heterocycles. The molecule has 2 heterocycles. The zero-order valence-electron chi connectivity index (χ0n) is 19.4. The van der Waals surface area contributed by atoms with Crippen LogP contribution in [0.25, 0.3) is 21.7 Å². The van der Waals surface area contributed by atoms with Crippen LogP contribution in [0.2, 0.25) is 5.02 Å². The lowest BCUT2D eigenvalue weighted by Gasteiger charge is -2.26. The maximum absolute atomic E-state index is 13.8.